The lowest BCUT2D eigenvalue weighted by Crippen LogP contribution is -2.25. The molecule has 3 rings (SSSR count). The standard InChI is InChI=1S/C19H21N3O/c1-12-4-6-16(10-13(12)2)19(23)20-9-8-15-5-7-17-18(11-15)22-14(3)21-17/h4-7,10-11H,8-9H2,1-3H3,(H,20,23)(H,21,22). The number of hydrogen-bond acceptors (Lipinski definition) is 2. The molecule has 23 heavy (non-hydrogen) atoms. The highest BCUT2D eigenvalue weighted by Gasteiger charge is 2.06. The molecule has 0 spiro atoms. The maximum atomic E-state index is 12.2. The molecule has 0 saturated carbocycles. The van der Waals surface area contributed by atoms with Crippen LogP contribution in [0.2, 0.25) is 0 Å². The lowest BCUT2D eigenvalue weighted by atomic mass is 10.1. The molecule has 118 valence electrons. The molecule has 0 unspecified atom stereocenters. The van der Waals surface area contributed by atoms with Crippen LogP contribution in [0.1, 0.15) is 32.9 Å². The third-order valence-corrected chi connectivity index (χ3v) is 4.13. The van der Waals surface area contributed by atoms with E-state index in [-0.39, 0.29) is 5.91 Å². The molecule has 1 heterocycles. The topological polar surface area (TPSA) is 57.8 Å². The summed E-state index contributed by atoms with van der Waals surface area (Å²) in [5, 5.41) is 2.98. The maximum Gasteiger partial charge on any atom is 0.251 e. The van der Waals surface area contributed by atoms with Crippen LogP contribution in [-0.2, 0) is 6.42 Å². The lowest BCUT2D eigenvalue weighted by molar-refractivity contribution is 0.0954. The van der Waals surface area contributed by atoms with Gasteiger partial charge in [-0.05, 0) is 68.1 Å². The van der Waals surface area contributed by atoms with Gasteiger partial charge < -0.3 is 10.3 Å². The fourth-order valence-electron chi connectivity index (χ4n) is 2.64. The summed E-state index contributed by atoms with van der Waals surface area (Å²) in [6.07, 6.45) is 0.796. The highest BCUT2D eigenvalue weighted by atomic mass is 16.1. The van der Waals surface area contributed by atoms with Crippen LogP contribution < -0.4 is 5.32 Å². The Morgan fingerprint density at radius 1 is 1.09 bits per heavy atom. The summed E-state index contributed by atoms with van der Waals surface area (Å²) in [4.78, 5) is 19.8. The maximum absolute atomic E-state index is 12.2. The van der Waals surface area contributed by atoms with Crippen molar-refractivity contribution >= 4 is 16.9 Å². The number of H-pyrrole nitrogens is 1. The molecule has 4 heteroatoms. The molecule has 2 aromatic carbocycles. The van der Waals surface area contributed by atoms with E-state index in [2.05, 4.69) is 27.4 Å². The van der Waals surface area contributed by atoms with E-state index in [4.69, 9.17) is 0 Å². The number of benzene rings is 2. The van der Waals surface area contributed by atoms with Crippen LogP contribution in [0.25, 0.3) is 11.0 Å². The first kappa shape index (κ1) is 15.3. The van der Waals surface area contributed by atoms with Crippen molar-refractivity contribution in [1.82, 2.24) is 15.3 Å². The number of imidazole rings is 1. The van der Waals surface area contributed by atoms with Crippen molar-refractivity contribution in [3.63, 3.8) is 0 Å². The molecule has 0 saturated heterocycles. The van der Waals surface area contributed by atoms with E-state index in [0.717, 1.165) is 28.8 Å². The first-order valence-electron chi connectivity index (χ1n) is 7.83. The Morgan fingerprint density at radius 3 is 2.70 bits per heavy atom. The minimum atomic E-state index is -0.0217. The molecule has 3 aromatic rings. The van der Waals surface area contributed by atoms with Crippen molar-refractivity contribution in [1.29, 1.82) is 0 Å². The molecule has 0 bridgehead atoms. The Kier molecular flexibility index (Phi) is 4.15. The number of nitrogens with one attached hydrogen (secondary N) is 2. The van der Waals surface area contributed by atoms with Gasteiger partial charge in [0.1, 0.15) is 5.82 Å². The number of aromatic nitrogens is 2. The molecule has 0 aliphatic carbocycles. The zero-order valence-electron chi connectivity index (χ0n) is 13.7. The minimum absolute atomic E-state index is 0.0217. The lowest BCUT2D eigenvalue weighted by Gasteiger charge is -2.07. The third-order valence-electron chi connectivity index (χ3n) is 4.13. The predicted molar refractivity (Wildman–Crippen MR) is 92.8 cm³/mol. The summed E-state index contributed by atoms with van der Waals surface area (Å²) in [6.45, 7) is 6.63. The van der Waals surface area contributed by atoms with Gasteiger partial charge in [0.25, 0.3) is 5.91 Å². The Bertz CT molecular complexity index is 864. The Balaban J connectivity index is 1.61. The molecule has 0 fully saturated rings. The first-order chi connectivity index (χ1) is 11.0. The van der Waals surface area contributed by atoms with Gasteiger partial charge in [0.15, 0.2) is 0 Å². The van der Waals surface area contributed by atoms with Crippen LogP contribution >= 0.6 is 0 Å². The fraction of sp³-hybridized carbons (Fsp3) is 0.263. The molecule has 0 radical (unpaired) electrons. The van der Waals surface area contributed by atoms with E-state index < -0.39 is 0 Å². The van der Waals surface area contributed by atoms with Crippen LogP contribution in [0, 0.1) is 20.8 Å². The molecule has 0 aliphatic rings. The van der Waals surface area contributed by atoms with Gasteiger partial charge in [0, 0.05) is 12.1 Å². The second-order valence-corrected chi connectivity index (χ2v) is 5.98. The molecular formula is C19H21N3O. The number of nitrogens with zero attached hydrogens (tertiary/aromatic N) is 1. The van der Waals surface area contributed by atoms with Gasteiger partial charge >= 0.3 is 0 Å². The zero-order chi connectivity index (χ0) is 16.4. The number of fused-ring (bicyclic) bond motifs is 1. The van der Waals surface area contributed by atoms with Gasteiger partial charge in [-0.25, -0.2) is 4.98 Å². The van der Waals surface area contributed by atoms with Crippen LogP contribution in [0.5, 0.6) is 0 Å². The smallest absolute Gasteiger partial charge is 0.251 e. The number of aryl methyl sites for hydroxylation is 3. The highest BCUT2D eigenvalue weighted by Crippen LogP contribution is 2.14. The number of rotatable bonds is 4. The second kappa shape index (κ2) is 6.24. The summed E-state index contributed by atoms with van der Waals surface area (Å²) in [5.74, 6) is 0.895. The Morgan fingerprint density at radius 2 is 1.91 bits per heavy atom. The first-order valence-corrected chi connectivity index (χ1v) is 7.83. The highest BCUT2D eigenvalue weighted by molar-refractivity contribution is 5.94. The third kappa shape index (κ3) is 3.42. The van der Waals surface area contributed by atoms with Crippen LogP contribution in [0.15, 0.2) is 36.4 Å². The van der Waals surface area contributed by atoms with E-state index >= 15 is 0 Å². The number of amides is 1. The summed E-state index contributed by atoms with van der Waals surface area (Å²) in [5.41, 5.74) is 6.25. The quantitative estimate of drug-likeness (QED) is 0.775. The monoisotopic (exact) mass is 307 g/mol. The Labute approximate surface area is 136 Å². The summed E-state index contributed by atoms with van der Waals surface area (Å²) >= 11 is 0. The average Bonchev–Trinajstić information content (AvgIpc) is 2.89. The molecule has 4 nitrogen and oxygen atoms in total. The molecule has 1 amide bonds. The zero-order valence-corrected chi connectivity index (χ0v) is 13.7. The number of carbonyl (C=O) groups excluding carboxylic acids is 1. The molecule has 0 aliphatic heterocycles. The molecule has 2 N–H and O–H groups in total. The number of hydrogen-bond donors (Lipinski definition) is 2. The number of aromatic amines is 1. The minimum Gasteiger partial charge on any atom is -0.352 e. The fourth-order valence-corrected chi connectivity index (χ4v) is 2.64. The second-order valence-electron chi connectivity index (χ2n) is 5.98. The van der Waals surface area contributed by atoms with Crippen molar-refractivity contribution in [3.8, 4) is 0 Å². The van der Waals surface area contributed by atoms with Crippen LogP contribution in [0.4, 0.5) is 0 Å². The summed E-state index contributed by atoms with van der Waals surface area (Å²) in [6, 6.07) is 12.0. The van der Waals surface area contributed by atoms with E-state index in [9.17, 15) is 4.79 Å². The van der Waals surface area contributed by atoms with Gasteiger partial charge in [0.2, 0.25) is 0 Å². The van der Waals surface area contributed by atoms with Crippen molar-refractivity contribution in [3.05, 3.63) is 64.5 Å². The van der Waals surface area contributed by atoms with Crippen molar-refractivity contribution in [2.75, 3.05) is 6.54 Å². The largest absolute Gasteiger partial charge is 0.352 e. The van der Waals surface area contributed by atoms with E-state index in [1.165, 1.54) is 11.1 Å². The predicted octanol–water partition coefficient (Wildman–Crippen LogP) is 3.46. The van der Waals surface area contributed by atoms with E-state index in [1.54, 1.807) is 0 Å². The average molecular weight is 307 g/mol. The van der Waals surface area contributed by atoms with Crippen molar-refractivity contribution in [2.45, 2.75) is 27.2 Å². The van der Waals surface area contributed by atoms with Crippen molar-refractivity contribution < 1.29 is 4.79 Å². The molecular weight excluding hydrogens is 286 g/mol. The van der Waals surface area contributed by atoms with Gasteiger partial charge in [-0.1, -0.05) is 12.1 Å². The van der Waals surface area contributed by atoms with E-state index in [1.807, 2.05) is 45.0 Å². The van der Waals surface area contributed by atoms with Gasteiger partial charge in [-0.15, -0.1) is 0 Å². The Hall–Kier alpha value is -2.62. The van der Waals surface area contributed by atoms with E-state index in [0.29, 0.717) is 12.1 Å². The summed E-state index contributed by atoms with van der Waals surface area (Å²) in [7, 11) is 0. The normalized spacial score (nSPS) is 10.9. The van der Waals surface area contributed by atoms with Gasteiger partial charge in [-0.3, -0.25) is 4.79 Å². The number of carbonyl (C=O) groups is 1. The summed E-state index contributed by atoms with van der Waals surface area (Å²) < 4.78 is 0. The molecule has 1 aromatic heterocycles. The van der Waals surface area contributed by atoms with Crippen molar-refractivity contribution in [2.24, 2.45) is 0 Å². The molecule has 0 atom stereocenters. The van der Waals surface area contributed by atoms with Crippen LogP contribution in [0.3, 0.4) is 0 Å². The van der Waals surface area contributed by atoms with Gasteiger partial charge in [-0.2, -0.15) is 0 Å². The van der Waals surface area contributed by atoms with Gasteiger partial charge in [0.05, 0.1) is 11.0 Å². The van der Waals surface area contributed by atoms with Crippen LogP contribution in [-0.4, -0.2) is 22.4 Å². The SMILES string of the molecule is Cc1nc2ccc(CCNC(=O)c3ccc(C)c(C)c3)cc2[nH]1.